The predicted molar refractivity (Wildman–Crippen MR) is 69.3 cm³/mol. The van der Waals surface area contributed by atoms with Crippen molar-refractivity contribution in [3.63, 3.8) is 0 Å². The molecule has 0 aliphatic rings. The second-order valence-electron chi connectivity index (χ2n) is 3.39. The summed E-state index contributed by atoms with van der Waals surface area (Å²) >= 11 is 0. The molecule has 0 spiro atoms. The lowest BCUT2D eigenvalue weighted by Crippen LogP contribution is -2.24. The number of aryl methyl sites for hydroxylation is 1. The molecule has 0 radical (unpaired) electrons. The Morgan fingerprint density at radius 3 is 1.94 bits per heavy atom. The van der Waals surface area contributed by atoms with Gasteiger partial charge in [0.25, 0.3) is 0 Å². The van der Waals surface area contributed by atoms with Crippen LogP contribution >= 0.6 is 0 Å². The van der Waals surface area contributed by atoms with E-state index in [4.69, 9.17) is 0 Å². The van der Waals surface area contributed by atoms with Crippen LogP contribution in [0.25, 0.3) is 0 Å². The molecular weight excluding hydrogens is 232 g/mol. The number of hydrogen-bond acceptors (Lipinski definition) is 4. The molecule has 0 N–H and O–H groups in total. The first-order chi connectivity index (χ1) is 8.60. The highest BCUT2D eigenvalue weighted by molar-refractivity contribution is 6.00. The Hall–Kier alpha value is -1.84. The molecule has 0 aliphatic carbocycles. The Kier molecular flexibility index (Phi) is 7.43. The van der Waals surface area contributed by atoms with E-state index < -0.39 is 17.9 Å². The molecule has 1 rings (SSSR count). The third-order valence-electron chi connectivity index (χ3n) is 2.25. The topological polar surface area (TPSA) is 52.6 Å². The minimum atomic E-state index is -1.00. The highest BCUT2D eigenvalue weighted by atomic mass is 16.5. The maximum absolute atomic E-state index is 11.5. The van der Waals surface area contributed by atoms with Gasteiger partial charge in [0.2, 0.25) is 0 Å². The molecule has 0 unspecified atom stereocenters. The smallest absolute Gasteiger partial charge is 0.324 e. The zero-order valence-electron chi connectivity index (χ0n) is 11.5. The minimum Gasteiger partial charge on any atom is -0.468 e. The zero-order valence-corrected chi connectivity index (χ0v) is 11.5. The second-order valence-corrected chi connectivity index (χ2v) is 3.39. The van der Waals surface area contributed by atoms with Crippen molar-refractivity contribution in [1.82, 2.24) is 0 Å². The Morgan fingerprint density at radius 2 is 1.56 bits per heavy atom. The number of rotatable bonds is 3. The first-order valence-corrected chi connectivity index (χ1v) is 5.82. The number of benzene rings is 1. The number of carbonyl (C=O) groups excluding carboxylic acids is 2. The van der Waals surface area contributed by atoms with E-state index in [0.717, 1.165) is 5.56 Å². The van der Waals surface area contributed by atoms with Gasteiger partial charge in [0, 0.05) is 0 Å². The fourth-order valence-corrected chi connectivity index (χ4v) is 1.45. The Labute approximate surface area is 108 Å². The normalized spacial score (nSPS) is 9.22. The first kappa shape index (κ1) is 16.2. The lowest BCUT2D eigenvalue weighted by atomic mass is 9.98. The van der Waals surface area contributed by atoms with E-state index in [-0.39, 0.29) is 0 Å². The second kappa shape index (κ2) is 8.28. The van der Waals surface area contributed by atoms with Gasteiger partial charge in [-0.2, -0.15) is 0 Å². The summed E-state index contributed by atoms with van der Waals surface area (Å²) in [5.74, 6) is -2.23. The molecule has 0 heterocycles. The lowest BCUT2D eigenvalue weighted by molar-refractivity contribution is -0.154. The van der Waals surface area contributed by atoms with Crippen LogP contribution in [0.5, 0.6) is 0 Å². The fraction of sp³-hybridized carbons (Fsp3) is 0.429. The van der Waals surface area contributed by atoms with Gasteiger partial charge in [-0.05, 0) is 12.5 Å². The van der Waals surface area contributed by atoms with Gasteiger partial charge in [-0.15, -0.1) is 0 Å². The van der Waals surface area contributed by atoms with Crippen LogP contribution < -0.4 is 0 Å². The summed E-state index contributed by atoms with van der Waals surface area (Å²) in [7, 11) is 2.49. The van der Waals surface area contributed by atoms with Gasteiger partial charge < -0.3 is 9.47 Å². The quantitative estimate of drug-likeness (QED) is 0.612. The molecule has 0 amide bonds. The van der Waals surface area contributed by atoms with Gasteiger partial charge in [-0.25, -0.2) is 0 Å². The van der Waals surface area contributed by atoms with Crippen LogP contribution in [0.2, 0.25) is 0 Å². The van der Waals surface area contributed by atoms with Crippen LogP contribution in [0.1, 0.15) is 30.9 Å². The predicted octanol–water partition coefficient (Wildman–Crippen LogP) is 2.45. The van der Waals surface area contributed by atoms with E-state index in [0.29, 0.717) is 5.56 Å². The average molecular weight is 252 g/mol. The van der Waals surface area contributed by atoms with Crippen LogP contribution in [0, 0.1) is 6.92 Å². The van der Waals surface area contributed by atoms with Gasteiger partial charge in [-0.3, -0.25) is 9.59 Å². The number of methoxy groups -OCH3 is 2. The first-order valence-electron chi connectivity index (χ1n) is 5.82. The number of hydrogen-bond donors (Lipinski definition) is 0. The summed E-state index contributed by atoms with van der Waals surface area (Å²) < 4.78 is 9.18. The molecule has 18 heavy (non-hydrogen) atoms. The summed E-state index contributed by atoms with van der Waals surface area (Å²) in [6.07, 6.45) is 0. The molecule has 0 fully saturated rings. The van der Waals surface area contributed by atoms with Gasteiger partial charge in [0.05, 0.1) is 14.2 Å². The molecule has 4 nitrogen and oxygen atoms in total. The van der Waals surface area contributed by atoms with E-state index in [1.54, 1.807) is 18.2 Å². The Bertz CT molecular complexity index is 383. The molecule has 0 saturated carbocycles. The van der Waals surface area contributed by atoms with E-state index in [2.05, 4.69) is 9.47 Å². The van der Waals surface area contributed by atoms with Gasteiger partial charge in [-0.1, -0.05) is 43.7 Å². The number of esters is 2. The van der Waals surface area contributed by atoms with Crippen LogP contribution in [0.3, 0.4) is 0 Å². The van der Waals surface area contributed by atoms with Crippen molar-refractivity contribution in [3.8, 4) is 0 Å². The van der Waals surface area contributed by atoms with Crippen molar-refractivity contribution in [2.45, 2.75) is 26.7 Å². The maximum Gasteiger partial charge on any atom is 0.324 e. The van der Waals surface area contributed by atoms with Gasteiger partial charge in [0.15, 0.2) is 5.92 Å². The van der Waals surface area contributed by atoms with Crippen molar-refractivity contribution in [3.05, 3.63) is 35.4 Å². The summed E-state index contributed by atoms with van der Waals surface area (Å²) in [6.45, 7) is 5.88. The van der Waals surface area contributed by atoms with Crippen LogP contribution in [0.15, 0.2) is 24.3 Å². The monoisotopic (exact) mass is 252 g/mol. The van der Waals surface area contributed by atoms with Crippen molar-refractivity contribution in [2.24, 2.45) is 0 Å². The van der Waals surface area contributed by atoms with Crippen molar-refractivity contribution >= 4 is 11.9 Å². The van der Waals surface area contributed by atoms with E-state index in [1.165, 1.54) is 14.2 Å². The summed E-state index contributed by atoms with van der Waals surface area (Å²) in [5.41, 5.74) is 1.55. The molecule has 0 bridgehead atoms. The third kappa shape index (κ3) is 4.20. The SMILES string of the molecule is CC.COC(=O)C(C(=O)OC)c1cccc(C)c1. The van der Waals surface area contributed by atoms with Crippen LogP contribution in [-0.2, 0) is 19.1 Å². The van der Waals surface area contributed by atoms with E-state index >= 15 is 0 Å². The van der Waals surface area contributed by atoms with Crippen LogP contribution in [-0.4, -0.2) is 26.2 Å². The summed E-state index contributed by atoms with van der Waals surface area (Å²) in [4.78, 5) is 23.0. The molecule has 4 heteroatoms. The molecule has 0 aromatic heterocycles. The average Bonchev–Trinajstić information content (AvgIpc) is 2.41. The lowest BCUT2D eigenvalue weighted by Gasteiger charge is -2.12. The Balaban J connectivity index is 0.00000137. The molecule has 0 atom stereocenters. The third-order valence-corrected chi connectivity index (χ3v) is 2.25. The molecule has 100 valence electrons. The fourth-order valence-electron chi connectivity index (χ4n) is 1.45. The highest BCUT2D eigenvalue weighted by Gasteiger charge is 2.30. The molecular formula is C14H20O4. The van der Waals surface area contributed by atoms with E-state index in [1.807, 2.05) is 26.8 Å². The van der Waals surface area contributed by atoms with Crippen molar-refractivity contribution in [2.75, 3.05) is 14.2 Å². The summed E-state index contributed by atoms with van der Waals surface area (Å²) in [5, 5.41) is 0. The zero-order chi connectivity index (χ0) is 14.1. The van der Waals surface area contributed by atoms with Crippen molar-refractivity contribution in [1.29, 1.82) is 0 Å². The van der Waals surface area contributed by atoms with E-state index in [9.17, 15) is 9.59 Å². The minimum absolute atomic E-state index is 0.582. The highest BCUT2D eigenvalue weighted by Crippen LogP contribution is 2.20. The molecule has 1 aromatic carbocycles. The molecule has 1 aromatic rings. The number of carbonyl (C=O) groups is 2. The number of ether oxygens (including phenoxy) is 2. The van der Waals surface area contributed by atoms with Gasteiger partial charge >= 0.3 is 11.9 Å². The molecule has 0 aliphatic heterocycles. The van der Waals surface area contributed by atoms with Gasteiger partial charge in [0.1, 0.15) is 0 Å². The largest absolute Gasteiger partial charge is 0.468 e. The summed E-state index contributed by atoms with van der Waals surface area (Å²) in [6, 6.07) is 7.13. The molecule has 0 saturated heterocycles. The Morgan fingerprint density at radius 1 is 1.06 bits per heavy atom. The maximum atomic E-state index is 11.5. The van der Waals surface area contributed by atoms with Crippen LogP contribution in [0.4, 0.5) is 0 Å². The van der Waals surface area contributed by atoms with Crippen molar-refractivity contribution < 1.29 is 19.1 Å². The standard InChI is InChI=1S/C12H14O4.C2H6/c1-8-5-4-6-9(7-8)10(11(13)15-2)12(14)16-3;1-2/h4-7,10H,1-3H3;1-2H3.